The molecule has 6 heteroatoms. The zero-order valence-electron chi connectivity index (χ0n) is 15.2. The molecule has 1 saturated heterocycles. The predicted octanol–water partition coefficient (Wildman–Crippen LogP) is 1.38. The van der Waals surface area contributed by atoms with Gasteiger partial charge in [0.15, 0.2) is 5.96 Å². The molecule has 1 fully saturated rings. The van der Waals surface area contributed by atoms with Crippen molar-refractivity contribution in [1.29, 1.82) is 0 Å². The van der Waals surface area contributed by atoms with Crippen LogP contribution in [0, 0.1) is 5.92 Å². The summed E-state index contributed by atoms with van der Waals surface area (Å²) in [6, 6.07) is 0. The highest BCUT2D eigenvalue weighted by molar-refractivity contribution is 7.86. The van der Waals surface area contributed by atoms with Crippen LogP contribution in [-0.2, 0) is 10.8 Å². The van der Waals surface area contributed by atoms with Gasteiger partial charge < -0.3 is 10.2 Å². The van der Waals surface area contributed by atoms with Crippen molar-refractivity contribution in [2.45, 2.75) is 39.4 Å². The van der Waals surface area contributed by atoms with Crippen LogP contribution < -0.4 is 5.32 Å². The Labute approximate surface area is 139 Å². The van der Waals surface area contributed by atoms with E-state index in [2.05, 4.69) is 34.0 Å². The first-order chi connectivity index (χ1) is 10.2. The van der Waals surface area contributed by atoms with E-state index < -0.39 is 10.8 Å². The van der Waals surface area contributed by atoms with Crippen molar-refractivity contribution in [3.8, 4) is 0 Å². The lowest BCUT2D eigenvalue weighted by molar-refractivity contribution is 0.164. The van der Waals surface area contributed by atoms with E-state index in [0.29, 0.717) is 12.3 Å². The highest BCUT2D eigenvalue weighted by atomic mass is 32.2. The van der Waals surface area contributed by atoms with Gasteiger partial charge in [-0.05, 0) is 26.7 Å². The maximum atomic E-state index is 12.1. The number of hydrogen-bond acceptors (Lipinski definition) is 3. The normalized spacial score (nSPS) is 19.6. The largest absolute Gasteiger partial charge is 0.355 e. The number of rotatable bonds is 5. The Kier molecular flexibility index (Phi) is 7.83. The fourth-order valence-electron chi connectivity index (χ4n) is 2.55. The third-order valence-corrected chi connectivity index (χ3v) is 5.70. The van der Waals surface area contributed by atoms with Gasteiger partial charge in [0.05, 0.1) is 0 Å². The van der Waals surface area contributed by atoms with Gasteiger partial charge in [0.2, 0.25) is 0 Å². The number of aliphatic imine (C=N–C) groups is 1. The Balaban J connectivity index is 2.36. The summed E-state index contributed by atoms with van der Waals surface area (Å²) < 4.78 is 11.9. The Bertz CT molecular complexity index is 382. The Morgan fingerprint density at radius 3 is 2.27 bits per heavy atom. The molecular weight excluding hydrogens is 296 g/mol. The molecule has 1 unspecified atom stereocenters. The number of guanidine groups is 1. The minimum Gasteiger partial charge on any atom is -0.355 e. The van der Waals surface area contributed by atoms with Gasteiger partial charge in [0.1, 0.15) is 0 Å². The van der Waals surface area contributed by atoms with Crippen LogP contribution in [0.2, 0.25) is 0 Å². The Morgan fingerprint density at radius 1 is 1.23 bits per heavy atom. The molecule has 5 nitrogen and oxygen atoms in total. The van der Waals surface area contributed by atoms with Crippen LogP contribution in [0.25, 0.3) is 0 Å². The summed E-state index contributed by atoms with van der Waals surface area (Å²) in [5.41, 5.74) is 0. The van der Waals surface area contributed by atoms with Crippen LogP contribution in [0.4, 0.5) is 0 Å². The lowest BCUT2D eigenvalue weighted by Crippen LogP contribution is -2.53. The van der Waals surface area contributed by atoms with Crippen molar-refractivity contribution in [3.05, 3.63) is 0 Å². The molecule has 0 aromatic carbocycles. The first-order valence-electron chi connectivity index (χ1n) is 8.30. The molecule has 0 radical (unpaired) electrons. The van der Waals surface area contributed by atoms with Crippen LogP contribution in [0.3, 0.4) is 0 Å². The fraction of sp³-hybridized carbons (Fsp3) is 0.938. The summed E-state index contributed by atoms with van der Waals surface area (Å²) >= 11 is 0. The summed E-state index contributed by atoms with van der Waals surface area (Å²) in [6.07, 6.45) is 0. The van der Waals surface area contributed by atoms with E-state index in [1.807, 2.05) is 27.8 Å². The summed E-state index contributed by atoms with van der Waals surface area (Å²) in [5, 5.41) is 3.36. The van der Waals surface area contributed by atoms with E-state index in [1.54, 1.807) is 0 Å². The molecule has 1 heterocycles. The molecule has 22 heavy (non-hydrogen) atoms. The van der Waals surface area contributed by atoms with Crippen LogP contribution in [0.1, 0.15) is 34.6 Å². The topological polar surface area (TPSA) is 47.9 Å². The lowest BCUT2D eigenvalue weighted by atomic mass is 10.2. The molecule has 1 atom stereocenters. The minimum absolute atomic E-state index is 0.145. The van der Waals surface area contributed by atoms with Gasteiger partial charge in [0, 0.05) is 67.6 Å². The molecule has 0 saturated carbocycles. The molecule has 0 aromatic rings. The van der Waals surface area contributed by atoms with Gasteiger partial charge in [-0.3, -0.25) is 14.1 Å². The molecule has 0 amide bonds. The third kappa shape index (κ3) is 6.65. The monoisotopic (exact) mass is 330 g/mol. The first-order valence-corrected chi connectivity index (χ1v) is 9.62. The average Bonchev–Trinajstić information content (AvgIpc) is 2.43. The van der Waals surface area contributed by atoms with Crippen molar-refractivity contribution >= 4 is 16.8 Å². The third-order valence-electron chi connectivity index (χ3n) is 3.76. The number of nitrogens with zero attached hydrogens (tertiary/aromatic N) is 3. The molecule has 0 spiro atoms. The van der Waals surface area contributed by atoms with Gasteiger partial charge >= 0.3 is 0 Å². The van der Waals surface area contributed by atoms with E-state index in [9.17, 15) is 4.21 Å². The summed E-state index contributed by atoms with van der Waals surface area (Å²) in [5.74, 6) is 2.32. The smallest absolute Gasteiger partial charge is 0.193 e. The van der Waals surface area contributed by atoms with E-state index in [1.165, 1.54) is 6.54 Å². The van der Waals surface area contributed by atoms with Crippen molar-refractivity contribution in [2.24, 2.45) is 10.9 Å². The van der Waals surface area contributed by atoms with Gasteiger partial charge in [-0.15, -0.1) is 0 Å². The summed E-state index contributed by atoms with van der Waals surface area (Å²) in [4.78, 5) is 9.19. The molecule has 1 rings (SSSR count). The van der Waals surface area contributed by atoms with Crippen molar-refractivity contribution in [3.63, 3.8) is 0 Å². The van der Waals surface area contributed by atoms with Crippen molar-refractivity contribution in [2.75, 3.05) is 52.1 Å². The molecule has 0 aliphatic carbocycles. The predicted molar refractivity (Wildman–Crippen MR) is 97.0 cm³/mol. The maximum Gasteiger partial charge on any atom is 0.193 e. The van der Waals surface area contributed by atoms with Crippen LogP contribution in [0.15, 0.2) is 4.99 Å². The van der Waals surface area contributed by atoms with E-state index in [-0.39, 0.29) is 4.75 Å². The van der Waals surface area contributed by atoms with Gasteiger partial charge in [-0.25, -0.2) is 0 Å². The second kappa shape index (κ2) is 8.87. The highest BCUT2D eigenvalue weighted by Crippen LogP contribution is 2.10. The summed E-state index contributed by atoms with van der Waals surface area (Å²) in [6.45, 7) is 16.7. The second-order valence-corrected chi connectivity index (χ2v) is 9.64. The highest BCUT2D eigenvalue weighted by Gasteiger charge is 2.21. The maximum absolute atomic E-state index is 12.1. The fourth-order valence-corrected chi connectivity index (χ4v) is 3.45. The Hall–Kier alpha value is -0.620. The van der Waals surface area contributed by atoms with E-state index in [0.717, 1.165) is 38.1 Å². The van der Waals surface area contributed by atoms with Crippen LogP contribution >= 0.6 is 0 Å². The standard InChI is InChI=1S/C16H34N4OS/c1-14(2)13-19-8-10-20(11-9-19)15(17-6)18-7-12-22(21)16(3,4)5/h14H,7-13H2,1-6H3,(H,17,18). The van der Waals surface area contributed by atoms with Gasteiger partial charge in [0.25, 0.3) is 0 Å². The second-order valence-electron chi connectivity index (χ2n) is 7.32. The zero-order valence-corrected chi connectivity index (χ0v) is 16.0. The minimum atomic E-state index is -0.817. The van der Waals surface area contributed by atoms with Gasteiger partial charge in [-0.2, -0.15) is 0 Å². The molecule has 1 N–H and O–H groups in total. The molecular formula is C16H34N4OS. The van der Waals surface area contributed by atoms with Gasteiger partial charge in [-0.1, -0.05) is 13.8 Å². The molecule has 0 aromatic heterocycles. The SMILES string of the molecule is CN=C(NCCS(=O)C(C)(C)C)N1CCN(CC(C)C)CC1. The number of piperazine rings is 1. The molecule has 130 valence electrons. The molecule has 0 bridgehead atoms. The van der Waals surface area contributed by atoms with E-state index in [4.69, 9.17) is 0 Å². The molecule has 1 aliphatic rings. The number of hydrogen-bond donors (Lipinski definition) is 1. The lowest BCUT2D eigenvalue weighted by Gasteiger charge is -2.37. The quantitative estimate of drug-likeness (QED) is 0.611. The van der Waals surface area contributed by atoms with Crippen LogP contribution in [0.5, 0.6) is 0 Å². The summed E-state index contributed by atoms with van der Waals surface area (Å²) in [7, 11) is 1.01. The van der Waals surface area contributed by atoms with Crippen LogP contribution in [-0.4, -0.2) is 76.8 Å². The molecule has 1 aliphatic heterocycles. The Morgan fingerprint density at radius 2 is 1.82 bits per heavy atom. The van der Waals surface area contributed by atoms with Crippen molar-refractivity contribution in [1.82, 2.24) is 15.1 Å². The van der Waals surface area contributed by atoms with Crippen molar-refractivity contribution < 1.29 is 4.21 Å². The zero-order chi connectivity index (χ0) is 16.8. The number of nitrogens with one attached hydrogen (secondary N) is 1. The van der Waals surface area contributed by atoms with E-state index >= 15 is 0 Å². The average molecular weight is 331 g/mol. The first kappa shape index (κ1) is 19.4.